The van der Waals surface area contributed by atoms with Crippen LogP contribution in [-0.2, 0) is 17.6 Å². The topological polar surface area (TPSA) is 42.0 Å². The fourth-order valence-corrected chi connectivity index (χ4v) is 4.25. The number of thiazole rings is 1. The second-order valence-electron chi connectivity index (χ2n) is 7.61. The molecule has 0 unspecified atom stereocenters. The van der Waals surface area contributed by atoms with Crippen molar-refractivity contribution < 1.29 is 4.79 Å². The van der Waals surface area contributed by atoms with Crippen LogP contribution in [0.15, 0.2) is 48.7 Å². The zero-order valence-corrected chi connectivity index (χ0v) is 19.0. The number of carbonyl (C=O) groups excluding carboxylic acids is 1. The van der Waals surface area contributed by atoms with Gasteiger partial charge < -0.3 is 5.32 Å². The standard InChI is InChI=1S/C23H24Cl2N2OS/c1-14(2)10-16-4-7-18(8-5-16)15(3)22(28)27-23-26-13-19(29-23)11-17-6-9-20(24)21(25)12-17/h4-9,12-15H,10-11H2,1-3H3,(H,26,27,28)/t15-/m1/s1. The first-order valence-corrected chi connectivity index (χ1v) is 11.2. The molecular weight excluding hydrogens is 423 g/mol. The van der Waals surface area contributed by atoms with Crippen LogP contribution in [0.5, 0.6) is 0 Å². The molecule has 6 heteroatoms. The molecule has 3 rings (SSSR count). The van der Waals surface area contributed by atoms with Crippen molar-refractivity contribution in [2.45, 2.75) is 39.5 Å². The quantitative estimate of drug-likeness (QED) is 0.425. The third kappa shape index (κ3) is 6.05. The van der Waals surface area contributed by atoms with E-state index >= 15 is 0 Å². The Hall–Kier alpha value is -1.88. The summed E-state index contributed by atoms with van der Waals surface area (Å²) >= 11 is 13.5. The van der Waals surface area contributed by atoms with Crippen molar-refractivity contribution >= 4 is 45.6 Å². The number of nitrogens with zero attached hydrogens (tertiary/aromatic N) is 1. The molecule has 0 bridgehead atoms. The normalized spacial score (nSPS) is 12.2. The summed E-state index contributed by atoms with van der Waals surface area (Å²) in [6.07, 6.45) is 3.52. The molecule has 1 aromatic heterocycles. The lowest BCUT2D eigenvalue weighted by Crippen LogP contribution is -2.18. The molecular formula is C23H24Cl2N2OS. The highest BCUT2D eigenvalue weighted by Gasteiger charge is 2.17. The number of hydrogen-bond acceptors (Lipinski definition) is 3. The molecule has 3 aromatic rings. The van der Waals surface area contributed by atoms with E-state index < -0.39 is 0 Å². The van der Waals surface area contributed by atoms with Crippen molar-refractivity contribution in [3.8, 4) is 0 Å². The Morgan fingerprint density at radius 3 is 2.38 bits per heavy atom. The van der Waals surface area contributed by atoms with Crippen LogP contribution in [0.4, 0.5) is 5.13 Å². The van der Waals surface area contributed by atoms with Crippen LogP contribution in [0.1, 0.15) is 48.3 Å². The van der Waals surface area contributed by atoms with Crippen LogP contribution in [0.25, 0.3) is 0 Å². The van der Waals surface area contributed by atoms with E-state index in [0.29, 0.717) is 27.5 Å². The number of carbonyl (C=O) groups is 1. The van der Waals surface area contributed by atoms with E-state index in [9.17, 15) is 4.79 Å². The first-order chi connectivity index (χ1) is 13.8. The Morgan fingerprint density at radius 1 is 1.03 bits per heavy atom. The van der Waals surface area contributed by atoms with Crippen molar-refractivity contribution in [2.24, 2.45) is 5.92 Å². The average Bonchev–Trinajstić information content (AvgIpc) is 3.11. The van der Waals surface area contributed by atoms with E-state index in [-0.39, 0.29) is 11.8 Å². The summed E-state index contributed by atoms with van der Waals surface area (Å²) in [5.74, 6) is 0.312. The van der Waals surface area contributed by atoms with Gasteiger partial charge in [0.05, 0.1) is 16.0 Å². The smallest absolute Gasteiger partial charge is 0.233 e. The number of aromatic nitrogens is 1. The molecule has 29 heavy (non-hydrogen) atoms. The average molecular weight is 447 g/mol. The number of rotatable bonds is 7. The van der Waals surface area contributed by atoms with E-state index in [1.165, 1.54) is 16.9 Å². The number of hydrogen-bond donors (Lipinski definition) is 1. The number of nitrogens with one attached hydrogen (secondary N) is 1. The van der Waals surface area contributed by atoms with Gasteiger partial charge in [0.2, 0.25) is 5.91 Å². The summed E-state index contributed by atoms with van der Waals surface area (Å²) in [5.41, 5.74) is 3.35. The van der Waals surface area contributed by atoms with Gasteiger partial charge in [-0.1, -0.05) is 67.4 Å². The lowest BCUT2D eigenvalue weighted by molar-refractivity contribution is -0.117. The van der Waals surface area contributed by atoms with Crippen molar-refractivity contribution in [2.75, 3.05) is 5.32 Å². The van der Waals surface area contributed by atoms with Gasteiger partial charge >= 0.3 is 0 Å². The monoisotopic (exact) mass is 446 g/mol. The molecule has 0 saturated carbocycles. The van der Waals surface area contributed by atoms with Gasteiger partial charge in [-0.2, -0.15) is 0 Å². The van der Waals surface area contributed by atoms with Gasteiger partial charge in [-0.25, -0.2) is 4.98 Å². The van der Waals surface area contributed by atoms with E-state index in [2.05, 4.69) is 36.3 Å². The number of benzene rings is 2. The van der Waals surface area contributed by atoms with Gasteiger partial charge in [0.1, 0.15) is 0 Å². The van der Waals surface area contributed by atoms with E-state index in [1.54, 1.807) is 12.3 Å². The van der Waals surface area contributed by atoms with Crippen LogP contribution in [-0.4, -0.2) is 10.9 Å². The highest BCUT2D eigenvalue weighted by molar-refractivity contribution is 7.15. The number of halogens is 2. The second-order valence-corrected chi connectivity index (χ2v) is 9.54. The first-order valence-electron chi connectivity index (χ1n) is 9.60. The van der Waals surface area contributed by atoms with Crippen molar-refractivity contribution in [1.29, 1.82) is 0 Å². The maximum absolute atomic E-state index is 12.6. The van der Waals surface area contributed by atoms with Crippen molar-refractivity contribution in [3.05, 3.63) is 80.3 Å². The summed E-state index contributed by atoms with van der Waals surface area (Å²) in [5, 5.41) is 4.62. The Bertz CT molecular complexity index is 983. The third-order valence-corrected chi connectivity index (χ3v) is 6.31. The summed E-state index contributed by atoms with van der Waals surface area (Å²) in [6, 6.07) is 13.9. The van der Waals surface area contributed by atoms with Gasteiger partial charge in [0.15, 0.2) is 5.13 Å². The van der Waals surface area contributed by atoms with Crippen LogP contribution >= 0.6 is 34.5 Å². The van der Waals surface area contributed by atoms with Gasteiger partial charge in [-0.05, 0) is 48.1 Å². The highest BCUT2D eigenvalue weighted by Crippen LogP contribution is 2.27. The second kappa shape index (κ2) is 9.75. The summed E-state index contributed by atoms with van der Waals surface area (Å²) in [6.45, 7) is 6.32. The molecule has 152 valence electrons. The van der Waals surface area contributed by atoms with Gasteiger partial charge in [-0.15, -0.1) is 11.3 Å². The largest absolute Gasteiger partial charge is 0.301 e. The molecule has 0 spiro atoms. The molecule has 1 atom stereocenters. The third-order valence-electron chi connectivity index (χ3n) is 4.66. The zero-order chi connectivity index (χ0) is 21.0. The summed E-state index contributed by atoms with van der Waals surface area (Å²) in [4.78, 5) is 18.0. The molecule has 1 amide bonds. The SMILES string of the molecule is CC(C)Cc1ccc([C@@H](C)C(=O)Nc2ncc(Cc3ccc(Cl)c(Cl)c3)s2)cc1. The van der Waals surface area contributed by atoms with Gasteiger partial charge in [0.25, 0.3) is 0 Å². The van der Waals surface area contributed by atoms with Crippen molar-refractivity contribution in [3.63, 3.8) is 0 Å². The van der Waals surface area contributed by atoms with Gasteiger partial charge in [-0.3, -0.25) is 4.79 Å². The molecule has 0 aliphatic carbocycles. The minimum atomic E-state index is -0.245. The molecule has 3 nitrogen and oxygen atoms in total. The minimum Gasteiger partial charge on any atom is -0.301 e. The minimum absolute atomic E-state index is 0.0583. The predicted molar refractivity (Wildman–Crippen MR) is 123 cm³/mol. The predicted octanol–water partition coefficient (Wildman–Crippen LogP) is 6.98. The van der Waals surface area contributed by atoms with E-state index in [4.69, 9.17) is 23.2 Å². The van der Waals surface area contributed by atoms with Gasteiger partial charge in [0, 0.05) is 17.5 Å². The molecule has 0 radical (unpaired) electrons. The maximum atomic E-state index is 12.6. The Labute approximate surface area is 186 Å². The number of amides is 1. The molecule has 0 aliphatic rings. The molecule has 1 N–H and O–H groups in total. The first kappa shape index (κ1) is 21.8. The molecule has 1 heterocycles. The lowest BCUT2D eigenvalue weighted by Gasteiger charge is -2.12. The van der Waals surface area contributed by atoms with Crippen LogP contribution in [0.2, 0.25) is 10.0 Å². The van der Waals surface area contributed by atoms with Crippen LogP contribution < -0.4 is 5.32 Å². The van der Waals surface area contributed by atoms with Crippen molar-refractivity contribution in [1.82, 2.24) is 4.98 Å². The Morgan fingerprint density at radius 2 is 1.72 bits per heavy atom. The molecule has 0 saturated heterocycles. The highest BCUT2D eigenvalue weighted by atomic mass is 35.5. The van der Waals surface area contributed by atoms with Crippen LogP contribution in [0, 0.1) is 5.92 Å². The summed E-state index contributed by atoms with van der Waals surface area (Å²) in [7, 11) is 0. The molecule has 2 aromatic carbocycles. The Kier molecular flexibility index (Phi) is 7.33. The maximum Gasteiger partial charge on any atom is 0.233 e. The zero-order valence-electron chi connectivity index (χ0n) is 16.7. The molecule has 0 aliphatic heterocycles. The number of anilines is 1. The Balaban J connectivity index is 1.61. The lowest BCUT2D eigenvalue weighted by atomic mass is 9.96. The fraction of sp³-hybridized carbons (Fsp3) is 0.304. The summed E-state index contributed by atoms with van der Waals surface area (Å²) < 4.78 is 0. The van der Waals surface area contributed by atoms with E-state index in [1.807, 2.05) is 31.2 Å². The van der Waals surface area contributed by atoms with E-state index in [0.717, 1.165) is 22.4 Å². The molecule has 0 fully saturated rings. The fourth-order valence-electron chi connectivity index (χ4n) is 3.08. The van der Waals surface area contributed by atoms with Crippen LogP contribution in [0.3, 0.4) is 0 Å².